The van der Waals surface area contributed by atoms with Crippen LogP contribution in [0.15, 0.2) is 0 Å². The van der Waals surface area contributed by atoms with Gasteiger partial charge in [-0.3, -0.25) is 4.79 Å². The highest BCUT2D eigenvalue weighted by Crippen LogP contribution is 2.11. The van der Waals surface area contributed by atoms with Gasteiger partial charge in [-0.2, -0.15) is 0 Å². The third kappa shape index (κ3) is 1.70. The lowest BCUT2D eigenvalue weighted by atomic mass is 9.89. The first-order valence-corrected chi connectivity index (χ1v) is 3.44. The number of hydrogen-bond donors (Lipinski definition) is 2. The van der Waals surface area contributed by atoms with Gasteiger partial charge in [0.1, 0.15) is 0 Å². The van der Waals surface area contributed by atoms with Crippen LogP contribution in [0, 0.1) is 5.92 Å². The second-order valence-electron chi connectivity index (χ2n) is 3.02. The number of hydrogen-bond acceptors (Lipinski definition) is 2. The van der Waals surface area contributed by atoms with Crippen LogP contribution in [0.2, 0.25) is 0 Å². The Bertz CT molecular complexity index is 130. The molecule has 1 atom stereocenters. The van der Waals surface area contributed by atoms with E-state index in [4.69, 9.17) is 5.73 Å². The minimum atomic E-state index is -0.741. The average molecular weight is 144 g/mol. The summed E-state index contributed by atoms with van der Waals surface area (Å²) < 4.78 is 0. The Morgan fingerprint density at radius 1 is 1.60 bits per heavy atom. The zero-order valence-corrected chi connectivity index (χ0v) is 7.06. The third-order valence-corrected chi connectivity index (χ3v) is 1.92. The molecule has 0 aromatic rings. The summed E-state index contributed by atoms with van der Waals surface area (Å²) in [4.78, 5) is 11.0. The van der Waals surface area contributed by atoms with Gasteiger partial charge in [0.05, 0.1) is 5.54 Å². The van der Waals surface area contributed by atoms with Crippen LogP contribution in [-0.2, 0) is 4.79 Å². The van der Waals surface area contributed by atoms with Crippen molar-refractivity contribution in [3.05, 3.63) is 0 Å². The summed E-state index contributed by atoms with van der Waals surface area (Å²) in [5, 5.41) is 2.52. The summed E-state index contributed by atoms with van der Waals surface area (Å²) in [6, 6.07) is 0. The molecule has 60 valence electrons. The molecule has 10 heavy (non-hydrogen) atoms. The van der Waals surface area contributed by atoms with Gasteiger partial charge in [0.15, 0.2) is 0 Å². The van der Waals surface area contributed by atoms with E-state index in [1.54, 1.807) is 14.0 Å². The Hall–Kier alpha value is -0.570. The van der Waals surface area contributed by atoms with Gasteiger partial charge in [-0.05, 0) is 12.8 Å². The maximum absolute atomic E-state index is 11.0. The van der Waals surface area contributed by atoms with E-state index in [0.29, 0.717) is 0 Å². The Morgan fingerprint density at radius 2 is 2.00 bits per heavy atom. The molecule has 0 unspecified atom stereocenters. The summed E-state index contributed by atoms with van der Waals surface area (Å²) in [5.41, 5.74) is 4.96. The van der Waals surface area contributed by atoms with E-state index in [1.165, 1.54) is 0 Å². The monoisotopic (exact) mass is 144 g/mol. The van der Waals surface area contributed by atoms with Gasteiger partial charge in [0, 0.05) is 7.05 Å². The fraction of sp³-hybridized carbons (Fsp3) is 0.857. The lowest BCUT2D eigenvalue weighted by Crippen LogP contribution is -2.54. The Kier molecular flexibility index (Phi) is 2.84. The van der Waals surface area contributed by atoms with E-state index in [0.717, 1.165) is 0 Å². The Morgan fingerprint density at radius 3 is 2.10 bits per heavy atom. The predicted octanol–water partition coefficient (Wildman–Crippen LogP) is 0.106. The lowest BCUT2D eigenvalue weighted by molar-refractivity contribution is -0.126. The molecule has 0 spiro atoms. The summed E-state index contributed by atoms with van der Waals surface area (Å²) in [6.45, 7) is 5.58. The van der Waals surface area contributed by atoms with Crippen LogP contribution in [0.25, 0.3) is 0 Å². The van der Waals surface area contributed by atoms with Crippen LogP contribution < -0.4 is 11.1 Å². The first-order valence-electron chi connectivity index (χ1n) is 3.44. The van der Waals surface area contributed by atoms with Gasteiger partial charge >= 0.3 is 0 Å². The molecule has 0 saturated carbocycles. The normalized spacial score (nSPS) is 16.6. The van der Waals surface area contributed by atoms with Crippen LogP contribution in [0.4, 0.5) is 0 Å². The molecule has 0 aliphatic heterocycles. The van der Waals surface area contributed by atoms with E-state index in [2.05, 4.69) is 5.32 Å². The van der Waals surface area contributed by atoms with Crippen molar-refractivity contribution >= 4 is 5.91 Å². The largest absolute Gasteiger partial charge is 0.358 e. The van der Waals surface area contributed by atoms with Gasteiger partial charge in [0.2, 0.25) is 5.91 Å². The number of carbonyl (C=O) groups excluding carboxylic acids is 1. The van der Waals surface area contributed by atoms with Crippen molar-refractivity contribution in [2.45, 2.75) is 26.3 Å². The van der Waals surface area contributed by atoms with Crippen molar-refractivity contribution in [2.75, 3.05) is 7.05 Å². The van der Waals surface area contributed by atoms with Gasteiger partial charge < -0.3 is 11.1 Å². The first kappa shape index (κ1) is 9.43. The highest BCUT2D eigenvalue weighted by molar-refractivity contribution is 5.85. The van der Waals surface area contributed by atoms with E-state index in [9.17, 15) is 4.79 Å². The maximum atomic E-state index is 11.0. The molecule has 0 bridgehead atoms. The molecule has 3 nitrogen and oxygen atoms in total. The number of rotatable bonds is 2. The number of nitrogens with two attached hydrogens (primary N) is 1. The average Bonchev–Trinajstić information content (AvgIpc) is 1.86. The first-order chi connectivity index (χ1) is 4.42. The molecule has 0 saturated heterocycles. The van der Waals surface area contributed by atoms with Crippen LogP contribution >= 0.6 is 0 Å². The van der Waals surface area contributed by atoms with Gasteiger partial charge in [-0.25, -0.2) is 0 Å². The van der Waals surface area contributed by atoms with Crippen molar-refractivity contribution in [1.82, 2.24) is 5.32 Å². The van der Waals surface area contributed by atoms with E-state index < -0.39 is 5.54 Å². The highest BCUT2D eigenvalue weighted by atomic mass is 16.2. The summed E-state index contributed by atoms with van der Waals surface area (Å²) in [6.07, 6.45) is 0. The molecular formula is C7H16N2O. The number of nitrogens with one attached hydrogen (secondary N) is 1. The SMILES string of the molecule is CNC(=O)[C@@](C)(N)C(C)C. The fourth-order valence-corrected chi connectivity index (χ4v) is 0.532. The fourth-order valence-electron chi connectivity index (χ4n) is 0.532. The Balaban J connectivity index is 4.24. The molecule has 0 aliphatic carbocycles. The van der Waals surface area contributed by atoms with Gasteiger partial charge in [-0.1, -0.05) is 13.8 Å². The predicted molar refractivity (Wildman–Crippen MR) is 41.5 cm³/mol. The van der Waals surface area contributed by atoms with Crippen LogP contribution in [0.5, 0.6) is 0 Å². The zero-order chi connectivity index (χ0) is 8.36. The highest BCUT2D eigenvalue weighted by Gasteiger charge is 2.30. The minimum absolute atomic E-state index is 0.109. The molecule has 0 fully saturated rings. The molecular weight excluding hydrogens is 128 g/mol. The molecule has 0 aliphatic rings. The molecule has 0 rings (SSSR count). The molecule has 0 aromatic heterocycles. The van der Waals surface area contributed by atoms with E-state index in [1.807, 2.05) is 13.8 Å². The topological polar surface area (TPSA) is 55.1 Å². The third-order valence-electron chi connectivity index (χ3n) is 1.92. The minimum Gasteiger partial charge on any atom is -0.358 e. The van der Waals surface area contributed by atoms with Crippen molar-refractivity contribution < 1.29 is 4.79 Å². The molecule has 3 N–H and O–H groups in total. The molecule has 3 heteroatoms. The quantitative estimate of drug-likeness (QED) is 0.577. The maximum Gasteiger partial charge on any atom is 0.239 e. The van der Waals surface area contributed by atoms with Crippen molar-refractivity contribution in [3.63, 3.8) is 0 Å². The van der Waals surface area contributed by atoms with Crippen molar-refractivity contribution in [1.29, 1.82) is 0 Å². The van der Waals surface area contributed by atoms with Crippen LogP contribution in [0.3, 0.4) is 0 Å². The van der Waals surface area contributed by atoms with Gasteiger partial charge in [-0.15, -0.1) is 0 Å². The summed E-state index contributed by atoms with van der Waals surface area (Å²) >= 11 is 0. The van der Waals surface area contributed by atoms with E-state index in [-0.39, 0.29) is 11.8 Å². The summed E-state index contributed by atoms with van der Waals surface area (Å²) in [5.74, 6) is 0.0509. The summed E-state index contributed by atoms with van der Waals surface area (Å²) in [7, 11) is 1.59. The number of likely N-dealkylation sites (N-methyl/N-ethyl adjacent to an activating group) is 1. The molecule has 1 amide bonds. The smallest absolute Gasteiger partial charge is 0.239 e. The standard InChI is InChI=1S/C7H16N2O/c1-5(2)7(3,8)6(10)9-4/h5H,8H2,1-4H3,(H,9,10)/t7-/m0/s1. The van der Waals surface area contributed by atoms with Crippen molar-refractivity contribution in [2.24, 2.45) is 11.7 Å². The molecule has 0 aromatic carbocycles. The van der Waals surface area contributed by atoms with Gasteiger partial charge in [0.25, 0.3) is 0 Å². The Labute approximate surface area is 62.0 Å². The van der Waals surface area contributed by atoms with E-state index >= 15 is 0 Å². The van der Waals surface area contributed by atoms with Crippen LogP contribution in [-0.4, -0.2) is 18.5 Å². The molecule has 0 radical (unpaired) electrons. The lowest BCUT2D eigenvalue weighted by Gasteiger charge is -2.26. The molecule has 0 heterocycles. The zero-order valence-electron chi connectivity index (χ0n) is 7.06. The number of carbonyl (C=O) groups is 1. The number of amides is 1. The van der Waals surface area contributed by atoms with Crippen molar-refractivity contribution in [3.8, 4) is 0 Å². The second kappa shape index (κ2) is 3.01. The van der Waals surface area contributed by atoms with Crippen LogP contribution in [0.1, 0.15) is 20.8 Å². The second-order valence-corrected chi connectivity index (χ2v) is 3.02.